The fraction of sp³-hybridized carbons (Fsp3) is 0.500. The average molecular weight is 289 g/mol. The van der Waals surface area contributed by atoms with Crippen molar-refractivity contribution in [2.45, 2.75) is 31.7 Å². The Hall–Kier alpha value is -2.04. The molecule has 0 radical (unpaired) electrons. The Kier molecular flexibility index (Phi) is 3.82. The molecule has 1 amide bonds. The maximum absolute atomic E-state index is 12.7. The van der Waals surface area contributed by atoms with E-state index in [-0.39, 0.29) is 11.9 Å². The molecule has 0 spiro atoms. The molecule has 2 heterocycles. The summed E-state index contributed by atoms with van der Waals surface area (Å²) in [5.74, 6) is 0.432. The van der Waals surface area contributed by atoms with Gasteiger partial charge in [-0.3, -0.25) is 4.79 Å². The number of fused-ring (bicyclic) bond motifs is 1. The number of amides is 1. The molecule has 5 nitrogen and oxygen atoms in total. The Labute approximate surface area is 123 Å². The van der Waals surface area contributed by atoms with E-state index in [0.717, 1.165) is 30.6 Å². The van der Waals surface area contributed by atoms with Gasteiger partial charge in [0.1, 0.15) is 11.8 Å². The number of likely N-dealkylation sites (tertiary alicyclic amines) is 1. The number of hydrogen-bond acceptors (Lipinski definition) is 4. The van der Waals surface area contributed by atoms with Crippen LogP contribution in [0.15, 0.2) is 18.2 Å². The first-order valence-corrected chi connectivity index (χ1v) is 7.35. The number of carbonyl (C=O) groups excluding carboxylic acids is 2. The number of benzene rings is 1. The van der Waals surface area contributed by atoms with Crippen LogP contribution in [0.2, 0.25) is 0 Å². The highest BCUT2D eigenvalue weighted by Crippen LogP contribution is 2.27. The van der Waals surface area contributed by atoms with Crippen LogP contribution in [0.3, 0.4) is 0 Å². The van der Waals surface area contributed by atoms with Gasteiger partial charge in [0.05, 0.1) is 13.7 Å². The van der Waals surface area contributed by atoms with E-state index in [4.69, 9.17) is 9.47 Å². The van der Waals surface area contributed by atoms with Crippen molar-refractivity contribution in [1.82, 2.24) is 4.90 Å². The quantitative estimate of drug-likeness (QED) is 0.779. The maximum Gasteiger partial charge on any atom is 0.328 e. The highest BCUT2D eigenvalue weighted by Gasteiger charge is 2.33. The standard InChI is InChI=1S/C16H19NO4/c1-20-16(19)13-4-2-3-8-17(13)15(18)12-5-6-14-11(10-12)7-9-21-14/h5-6,10,13H,2-4,7-9H2,1H3/t13-/m1/s1. The van der Waals surface area contributed by atoms with Gasteiger partial charge in [-0.05, 0) is 43.0 Å². The number of piperidine rings is 1. The Balaban J connectivity index is 1.84. The first kappa shape index (κ1) is 13.9. The molecule has 2 aliphatic rings. The van der Waals surface area contributed by atoms with Crippen molar-refractivity contribution in [3.63, 3.8) is 0 Å². The second-order valence-electron chi connectivity index (χ2n) is 5.45. The number of esters is 1. The summed E-state index contributed by atoms with van der Waals surface area (Å²) in [5.41, 5.74) is 1.68. The normalized spacial score (nSPS) is 20.6. The third-order valence-electron chi connectivity index (χ3n) is 4.17. The predicted octanol–water partition coefficient (Wildman–Crippen LogP) is 1.79. The zero-order chi connectivity index (χ0) is 14.8. The van der Waals surface area contributed by atoms with E-state index < -0.39 is 6.04 Å². The van der Waals surface area contributed by atoms with Crippen LogP contribution in [-0.4, -0.2) is 43.1 Å². The SMILES string of the molecule is COC(=O)[C@H]1CCCCN1C(=O)c1ccc2c(c1)CCO2. The van der Waals surface area contributed by atoms with Crippen LogP contribution in [0.5, 0.6) is 5.75 Å². The van der Waals surface area contributed by atoms with E-state index >= 15 is 0 Å². The molecule has 1 aromatic rings. The van der Waals surface area contributed by atoms with Crippen LogP contribution in [0, 0.1) is 0 Å². The lowest BCUT2D eigenvalue weighted by molar-refractivity contribution is -0.147. The van der Waals surface area contributed by atoms with Crippen molar-refractivity contribution in [3.05, 3.63) is 29.3 Å². The molecule has 3 rings (SSSR count). The molecule has 1 fully saturated rings. The molecular weight excluding hydrogens is 270 g/mol. The lowest BCUT2D eigenvalue weighted by atomic mass is 10.00. The number of carbonyl (C=O) groups is 2. The number of methoxy groups -OCH3 is 1. The number of nitrogens with zero attached hydrogens (tertiary/aromatic N) is 1. The molecule has 112 valence electrons. The topological polar surface area (TPSA) is 55.8 Å². The van der Waals surface area contributed by atoms with Gasteiger partial charge in [0.25, 0.3) is 5.91 Å². The van der Waals surface area contributed by atoms with Crippen LogP contribution < -0.4 is 4.74 Å². The molecule has 0 aliphatic carbocycles. The third kappa shape index (κ3) is 2.60. The smallest absolute Gasteiger partial charge is 0.328 e. The van der Waals surface area contributed by atoms with E-state index in [1.807, 2.05) is 12.1 Å². The summed E-state index contributed by atoms with van der Waals surface area (Å²) in [6.45, 7) is 1.27. The Morgan fingerprint density at radius 3 is 3.00 bits per heavy atom. The molecule has 0 bridgehead atoms. The van der Waals surface area contributed by atoms with Gasteiger partial charge in [-0.2, -0.15) is 0 Å². The molecule has 0 saturated carbocycles. The zero-order valence-corrected chi connectivity index (χ0v) is 12.1. The largest absolute Gasteiger partial charge is 0.493 e. The summed E-state index contributed by atoms with van der Waals surface area (Å²) in [6, 6.07) is 5.04. The van der Waals surface area contributed by atoms with Crippen LogP contribution in [0.25, 0.3) is 0 Å². The summed E-state index contributed by atoms with van der Waals surface area (Å²) < 4.78 is 10.3. The summed E-state index contributed by atoms with van der Waals surface area (Å²) in [4.78, 5) is 26.2. The lowest BCUT2D eigenvalue weighted by Crippen LogP contribution is -2.48. The minimum Gasteiger partial charge on any atom is -0.493 e. The first-order valence-electron chi connectivity index (χ1n) is 7.35. The van der Waals surface area contributed by atoms with Gasteiger partial charge in [-0.15, -0.1) is 0 Å². The minimum atomic E-state index is -0.458. The van der Waals surface area contributed by atoms with Gasteiger partial charge >= 0.3 is 5.97 Å². The van der Waals surface area contributed by atoms with Gasteiger partial charge in [0.15, 0.2) is 0 Å². The van der Waals surface area contributed by atoms with Crippen LogP contribution in [0.4, 0.5) is 0 Å². The second kappa shape index (κ2) is 5.76. The fourth-order valence-corrected chi connectivity index (χ4v) is 3.04. The Morgan fingerprint density at radius 2 is 2.19 bits per heavy atom. The molecule has 1 aromatic carbocycles. The van der Waals surface area contributed by atoms with Gasteiger partial charge in [-0.1, -0.05) is 0 Å². The second-order valence-corrected chi connectivity index (χ2v) is 5.45. The van der Waals surface area contributed by atoms with Crippen LogP contribution in [-0.2, 0) is 16.0 Å². The highest BCUT2D eigenvalue weighted by molar-refractivity contribution is 5.97. The van der Waals surface area contributed by atoms with Gasteiger partial charge in [0.2, 0.25) is 0 Å². The summed E-state index contributed by atoms with van der Waals surface area (Å²) in [6.07, 6.45) is 3.37. The molecule has 1 atom stereocenters. The average Bonchev–Trinajstić information content (AvgIpc) is 3.01. The van der Waals surface area contributed by atoms with Crippen LogP contribution in [0.1, 0.15) is 35.2 Å². The van der Waals surface area contributed by atoms with Crippen molar-refractivity contribution in [2.24, 2.45) is 0 Å². The summed E-state index contributed by atoms with van der Waals surface area (Å²) in [5, 5.41) is 0. The highest BCUT2D eigenvalue weighted by atomic mass is 16.5. The molecule has 2 aliphatic heterocycles. The van der Waals surface area contributed by atoms with Crippen molar-refractivity contribution in [2.75, 3.05) is 20.3 Å². The van der Waals surface area contributed by atoms with Crippen molar-refractivity contribution < 1.29 is 19.1 Å². The Bertz CT molecular complexity index is 569. The zero-order valence-electron chi connectivity index (χ0n) is 12.1. The van der Waals surface area contributed by atoms with Crippen molar-refractivity contribution in [1.29, 1.82) is 0 Å². The Morgan fingerprint density at radius 1 is 1.33 bits per heavy atom. The number of ether oxygens (including phenoxy) is 2. The third-order valence-corrected chi connectivity index (χ3v) is 4.17. The van der Waals surface area contributed by atoms with Gasteiger partial charge in [-0.25, -0.2) is 4.79 Å². The number of hydrogen-bond donors (Lipinski definition) is 0. The lowest BCUT2D eigenvalue weighted by Gasteiger charge is -2.33. The number of rotatable bonds is 2. The van der Waals surface area contributed by atoms with E-state index in [9.17, 15) is 9.59 Å². The predicted molar refractivity (Wildman–Crippen MR) is 76.3 cm³/mol. The van der Waals surface area contributed by atoms with Crippen molar-refractivity contribution in [3.8, 4) is 5.75 Å². The van der Waals surface area contributed by atoms with E-state index in [1.165, 1.54) is 7.11 Å². The van der Waals surface area contributed by atoms with Crippen molar-refractivity contribution >= 4 is 11.9 Å². The van der Waals surface area contributed by atoms with E-state index in [1.54, 1.807) is 11.0 Å². The van der Waals surface area contributed by atoms with Gasteiger partial charge in [0, 0.05) is 18.5 Å². The van der Waals surface area contributed by atoms with E-state index in [2.05, 4.69) is 0 Å². The summed E-state index contributed by atoms with van der Waals surface area (Å²) in [7, 11) is 1.37. The maximum atomic E-state index is 12.7. The molecule has 21 heavy (non-hydrogen) atoms. The molecule has 5 heteroatoms. The van der Waals surface area contributed by atoms with E-state index in [0.29, 0.717) is 25.1 Å². The monoisotopic (exact) mass is 289 g/mol. The van der Waals surface area contributed by atoms with Crippen LogP contribution >= 0.6 is 0 Å². The summed E-state index contributed by atoms with van der Waals surface area (Å²) >= 11 is 0. The molecule has 1 saturated heterocycles. The molecule has 0 aromatic heterocycles. The first-order chi connectivity index (χ1) is 10.2. The molecule has 0 N–H and O–H groups in total. The molecular formula is C16H19NO4. The van der Waals surface area contributed by atoms with Gasteiger partial charge < -0.3 is 14.4 Å². The fourth-order valence-electron chi connectivity index (χ4n) is 3.04. The molecule has 0 unspecified atom stereocenters. The minimum absolute atomic E-state index is 0.0974.